The predicted molar refractivity (Wildman–Crippen MR) is 186 cm³/mol. The molecule has 6 rings (SSSR count). The molecule has 6 aliphatic carbocycles. The topological polar surface area (TPSA) is 19.9 Å². The van der Waals surface area contributed by atoms with E-state index in [4.69, 9.17) is 4.65 Å². The van der Waals surface area contributed by atoms with Crippen molar-refractivity contribution in [3.63, 3.8) is 0 Å². The van der Waals surface area contributed by atoms with Crippen molar-refractivity contribution in [3.8, 4) is 0 Å². The second-order valence-corrected chi connectivity index (χ2v) is 20.8. The second-order valence-electron chi connectivity index (χ2n) is 14.6. The fourth-order valence-corrected chi connectivity index (χ4v) is 19.4. The van der Waals surface area contributed by atoms with Crippen molar-refractivity contribution in [2.45, 2.75) is 227 Å². The molecule has 246 valence electrons. The van der Waals surface area contributed by atoms with Gasteiger partial charge in [0.2, 0.25) is 0 Å². The van der Waals surface area contributed by atoms with Gasteiger partial charge in [-0.3, -0.25) is 0 Å². The summed E-state index contributed by atoms with van der Waals surface area (Å²) in [5, 5.41) is 0. The first-order valence-electron chi connectivity index (χ1n) is 18.8. The Kier molecular flexibility index (Phi) is 21.5. The summed E-state index contributed by atoms with van der Waals surface area (Å²) in [6.45, 7) is 4.50. The van der Waals surface area contributed by atoms with Gasteiger partial charge < -0.3 is 0 Å². The van der Waals surface area contributed by atoms with Crippen LogP contribution in [-0.2, 0) is 22.0 Å². The Labute approximate surface area is 279 Å². The molecule has 6 fully saturated rings. The molecule has 0 aromatic rings. The van der Waals surface area contributed by atoms with E-state index in [1.807, 2.05) is 0 Å². The number of halogens is 1. The van der Waals surface area contributed by atoms with Crippen LogP contribution < -0.4 is 0 Å². The van der Waals surface area contributed by atoms with Crippen LogP contribution in [0.1, 0.15) is 193 Å². The first kappa shape index (κ1) is 38.0. The Hall–Kier alpha value is 1.51. The molecule has 6 saturated carbocycles. The van der Waals surface area contributed by atoms with Gasteiger partial charge in [0.1, 0.15) is 0 Å². The monoisotopic (exact) mass is 726 g/mol. The summed E-state index contributed by atoms with van der Waals surface area (Å²) in [6, 6.07) is 0. The van der Waals surface area contributed by atoms with Crippen LogP contribution in [0.3, 0.4) is 0 Å². The third-order valence-corrected chi connectivity index (χ3v) is 20.1. The van der Waals surface area contributed by atoms with Crippen molar-refractivity contribution >= 4 is 25.5 Å². The summed E-state index contributed by atoms with van der Waals surface area (Å²) in [7, 11) is 5.38. The van der Waals surface area contributed by atoms with Gasteiger partial charge in [0.25, 0.3) is 0 Å². The maximum atomic E-state index is 7.50. The molecular weight excluding hydrogens is 659 g/mol. The molecule has 0 aromatic heterocycles. The molecule has 0 atom stereocenters. The number of rotatable bonds is 6. The average molecular weight is 726 g/mol. The van der Waals surface area contributed by atoms with Crippen molar-refractivity contribution in [1.29, 1.82) is 0 Å². The van der Waals surface area contributed by atoms with Crippen molar-refractivity contribution in [2.75, 3.05) is 0 Å². The van der Waals surface area contributed by atoms with Crippen molar-refractivity contribution < 1.29 is 22.0 Å². The van der Waals surface area contributed by atoms with E-state index in [0.29, 0.717) is 15.8 Å². The zero-order valence-corrected chi connectivity index (χ0v) is 31.6. The summed E-state index contributed by atoms with van der Waals surface area (Å²) in [4.78, 5) is 0. The first-order chi connectivity index (χ1) is 20.9. The average Bonchev–Trinajstić information content (AvgIpc) is 3.10. The Morgan fingerprint density at radius 1 is 0.310 bits per heavy atom. The van der Waals surface area contributed by atoms with Crippen molar-refractivity contribution in [1.82, 2.24) is 0 Å². The molecule has 0 amide bonds. The van der Waals surface area contributed by atoms with E-state index >= 15 is 0 Å². The Morgan fingerprint density at radius 2 is 0.429 bits per heavy atom. The number of hydrogen-bond donors (Lipinski definition) is 0. The summed E-state index contributed by atoms with van der Waals surface area (Å²) in [5.74, 6) is 0. The molecule has 6 aliphatic rings. The molecule has 0 heterocycles. The van der Waals surface area contributed by atoms with E-state index in [2.05, 4.69) is 16.3 Å². The van der Waals surface area contributed by atoms with Gasteiger partial charge in [0.15, 0.2) is 0 Å². The Bertz CT molecular complexity index is 516. The molecule has 0 unspecified atom stereocenters. The zero-order chi connectivity index (χ0) is 29.8. The Morgan fingerprint density at radius 3 is 0.548 bits per heavy atom. The van der Waals surface area contributed by atoms with Crippen LogP contribution in [0.4, 0.5) is 0 Å². The molecular formula is C37H67ClOP2Ru. The predicted octanol–water partition coefficient (Wildman–Crippen LogP) is 13.3. The summed E-state index contributed by atoms with van der Waals surface area (Å²) in [5.41, 5.74) is 7.14. The van der Waals surface area contributed by atoms with Gasteiger partial charge in [-0.05, 0) is 111 Å². The zero-order valence-electron chi connectivity index (χ0n) is 27.2. The van der Waals surface area contributed by atoms with Crippen LogP contribution in [0.25, 0.3) is 0 Å². The SMILES string of the molecule is C1CCC(P(C2CCCCC2)C2CCCCC2)CC1.C1CCC(P(C2CCCCC2)C2CCCCC2)CC1.[C-]#[O+].[Cl][RuH]. The molecule has 0 N–H and O–H groups in total. The fourth-order valence-electron chi connectivity index (χ4n) is 10.1. The van der Waals surface area contributed by atoms with Gasteiger partial charge in [-0.15, -0.1) is 0 Å². The van der Waals surface area contributed by atoms with Crippen LogP contribution in [0, 0.1) is 6.65 Å². The molecule has 0 radical (unpaired) electrons. The van der Waals surface area contributed by atoms with E-state index in [0.717, 1.165) is 0 Å². The maximum absolute atomic E-state index is 7.50. The molecule has 0 aliphatic heterocycles. The van der Waals surface area contributed by atoms with Gasteiger partial charge >= 0.3 is 38.3 Å². The van der Waals surface area contributed by atoms with Gasteiger partial charge in [-0.1, -0.05) is 131 Å². The minimum atomic E-state index is 0.385. The van der Waals surface area contributed by atoms with Crippen LogP contribution in [0.2, 0.25) is 0 Å². The number of hydrogen-bond acceptors (Lipinski definition) is 0. The van der Waals surface area contributed by atoms with E-state index in [1.54, 1.807) is 171 Å². The Balaban J connectivity index is 0.000000206. The van der Waals surface area contributed by atoms with Gasteiger partial charge in [-0.25, -0.2) is 0 Å². The van der Waals surface area contributed by atoms with Crippen LogP contribution in [0.5, 0.6) is 0 Å². The molecule has 1 nitrogen and oxygen atoms in total. The van der Waals surface area contributed by atoms with Gasteiger partial charge in [0, 0.05) is 0 Å². The van der Waals surface area contributed by atoms with E-state index in [1.165, 1.54) is 72.5 Å². The van der Waals surface area contributed by atoms with Crippen LogP contribution in [0.15, 0.2) is 0 Å². The van der Waals surface area contributed by atoms with Crippen LogP contribution in [-0.4, -0.2) is 34.0 Å². The van der Waals surface area contributed by atoms with Crippen molar-refractivity contribution in [2.24, 2.45) is 0 Å². The first-order valence-corrected chi connectivity index (χ1v) is 24.3. The third kappa shape index (κ3) is 12.6. The summed E-state index contributed by atoms with van der Waals surface area (Å²) < 4.78 is 7.50. The van der Waals surface area contributed by atoms with E-state index < -0.39 is 0 Å². The molecule has 5 heteroatoms. The summed E-state index contributed by atoms with van der Waals surface area (Å²) >= 11 is 1.62. The second kappa shape index (κ2) is 23.8. The standard InChI is InChI=1S/2C18H33P.CO.ClH.Ru.H/c2*1-4-10-16(11-5-1)19(17-12-6-2-7-13-17)18-14-8-3-9-15-18;1-2;;;/h2*16-18H,1-15H2;;1H;;/q;;;;+1;/p-1. The normalized spacial score (nSPS) is 26.4. The van der Waals surface area contributed by atoms with Gasteiger partial charge in [0.05, 0.1) is 0 Å². The molecule has 0 saturated heterocycles. The molecule has 0 aromatic carbocycles. The van der Waals surface area contributed by atoms with Crippen molar-refractivity contribution in [3.05, 3.63) is 6.65 Å². The third-order valence-electron chi connectivity index (χ3n) is 12.0. The molecule has 0 bridgehead atoms. The van der Waals surface area contributed by atoms with E-state index in [-0.39, 0.29) is 0 Å². The van der Waals surface area contributed by atoms with Crippen LogP contribution >= 0.6 is 25.5 Å². The van der Waals surface area contributed by atoms with E-state index in [9.17, 15) is 0 Å². The minimum absolute atomic E-state index is 0.385. The fraction of sp³-hybridized carbons (Fsp3) is 0.973. The summed E-state index contributed by atoms with van der Waals surface area (Å²) in [6.07, 6.45) is 47.2. The quantitative estimate of drug-likeness (QED) is 0.112. The molecule has 42 heavy (non-hydrogen) atoms. The molecule has 0 spiro atoms. The van der Waals surface area contributed by atoms with Gasteiger partial charge in [-0.2, -0.15) is 0 Å².